The number of benzene rings is 1. The van der Waals surface area contributed by atoms with Gasteiger partial charge in [-0.1, -0.05) is 12.1 Å². The highest BCUT2D eigenvalue weighted by molar-refractivity contribution is 9.10. The molecule has 0 unspecified atom stereocenters. The Balaban J connectivity index is 1.91. The summed E-state index contributed by atoms with van der Waals surface area (Å²) in [5.74, 6) is 0.884. The lowest BCUT2D eigenvalue weighted by Crippen LogP contribution is -2.29. The molecule has 0 heterocycles. The molecule has 0 bridgehead atoms. The number of amides is 1. The van der Waals surface area contributed by atoms with Crippen LogP contribution in [0.1, 0.15) is 25.7 Å². The quantitative estimate of drug-likeness (QED) is 0.901. The summed E-state index contributed by atoms with van der Waals surface area (Å²) in [6.07, 6.45) is 4.06. The van der Waals surface area contributed by atoms with Crippen molar-refractivity contribution in [2.45, 2.75) is 25.7 Å². The van der Waals surface area contributed by atoms with E-state index in [4.69, 9.17) is 5.73 Å². The fraction of sp³-hybridized carbons (Fsp3) is 0.500. The van der Waals surface area contributed by atoms with Gasteiger partial charge in [-0.25, -0.2) is 0 Å². The zero-order valence-electron chi connectivity index (χ0n) is 10.4. The van der Waals surface area contributed by atoms with Crippen LogP contribution in [-0.4, -0.2) is 12.5 Å². The molecule has 98 valence electrons. The van der Waals surface area contributed by atoms with E-state index < -0.39 is 0 Å². The monoisotopic (exact) mass is 310 g/mol. The van der Waals surface area contributed by atoms with Gasteiger partial charge in [0.25, 0.3) is 0 Å². The molecule has 0 aromatic heterocycles. The van der Waals surface area contributed by atoms with Crippen LogP contribution in [0.2, 0.25) is 0 Å². The predicted molar refractivity (Wildman–Crippen MR) is 77.3 cm³/mol. The highest BCUT2D eigenvalue weighted by Gasteiger charge is 2.25. The minimum absolute atomic E-state index is 0.136. The lowest BCUT2D eigenvalue weighted by Gasteiger charge is -2.26. The molecular formula is C14H19BrN2O. The molecule has 18 heavy (non-hydrogen) atoms. The number of hydrogen-bond donors (Lipinski definition) is 2. The molecule has 2 rings (SSSR count). The molecule has 1 fully saturated rings. The van der Waals surface area contributed by atoms with E-state index in [9.17, 15) is 4.79 Å². The van der Waals surface area contributed by atoms with E-state index in [0.29, 0.717) is 5.92 Å². The van der Waals surface area contributed by atoms with E-state index in [1.807, 2.05) is 24.3 Å². The number of halogens is 1. The number of nitrogens with two attached hydrogens (primary N) is 1. The molecule has 0 radical (unpaired) electrons. The third-order valence-corrected chi connectivity index (χ3v) is 4.37. The first-order valence-corrected chi connectivity index (χ1v) is 7.25. The van der Waals surface area contributed by atoms with E-state index in [-0.39, 0.29) is 11.8 Å². The fourth-order valence-electron chi connectivity index (χ4n) is 2.46. The number of para-hydroxylation sites is 1. The number of hydrogen-bond acceptors (Lipinski definition) is 2. The minimum atomic E-state index is 0.136. The number of rotatable bonds is 3. The van der Waals surface area contributed by atoms with Gasteiger partial charge in [-0.15, -0.1) is 0 Å². The van der Waals surface area contributed by atoms with Crippen molar-refractivity contribution in [3.05, 3.63) is 28.7 Å². The first-order chi connectivity index (χ1) is 8.70. The van der Waals surface area contributed by atoms with E-state index >= 15 is 0 Å². The molecule has 0 aliphatic heterocycles. The Kier molecular flexibility index (Phi) is 4.78. The number of carbonyl (C=O) groups is 1. The minimum Gasteiger partial charge on any atom is -0.330 e. The first-order valence-electron chi connectivity index (χ1n) is 6.46. The standard InChI is InChI=1S/C14H19BrN2O/c15-12-3-1-2-4-13(12)17-14(18)11-7-5-10(9-16)6-8-11/h1-4,10-11H,5-9,16H2,(H,17,18). The normalized spacial score (nSPS) is 23.7. The van der Waals surface area contributed by atoms with Crippen molar-refractivity contribution in [2.75, 3.05) is 11.9 Å². The molecule has 0 atom stereocenters. The molecule has 1 aliphatic rings. The summed E-state index contributed by atoms with van der Waals surface area (Å²) in [4.78, 5) is 12.2. The zero-order chi connectivity index (χ0) is 13.0. The highest BCUT2D eigenvalue weighted by atomic mass is 79.9. The van der Waals surface area contributed by atoms with E-state index in [0.717, 1.165) is 42.4 Å². The summed E-state index contributed by atoms with van der Waals surface area (Å²) < 4.78 is 0.925. The summed E-state index contributed by atoms with van der Waals surface area (Å²) in [5.41, 5.74) is 6.51. The van der Waals surface area contributed by atoms with Gasteiger partial charge in [0.2, 0.25) is 5.91 Å². The molecule has 1 aromatic rings. The lowest BCUT2D eigenvalue weighted by atomic mass is 9.81. The second kappa shape index (κ2) is 6.34. The topological polar surface area (TPSA) is 55.1 Å². The molecule has 1 aliphatic carbocycles. The van der Waals surface area contributed by atoms with Gasteiger partial charge in [0.15, 0.2) is 0 Å². The second-order valence-corrected chi connectivity index (χ2v) is 5.78. The fourth-order valence-corrected chi connectivity index (χ4v) is 2.84. The maximum absolute atomic E-state index is 12.2. The number of nitrogens with one attached hydrogen (secondary N) is 1. The Hall–Kier alpha value is -0.870. The van der Waals surface area contributed by atoms with Crippen LogP contribution < -0.4 is 11.1 Å². The zero-order valence-corrected chi connectivity index (χ0v) is 11.9. The van der Waals surface area contributed by atoms with Gasteiger partial charge < -0.3 is 11.1 Å². The summed E-state index contributed by atoms with van der Waals surface area (Å²) in [6, 6.07) is 7.70. The van der Waals surface area contributed by atoms with Gasteiger partial charge in [0.05, 0.1) is 5.69 Å². The first kappa shape index (κ1) is 13.6. The molecule has 0 spiro atoms. The number of carbonyl (C=O) groups excluding carboxylic acids is 1. The molecule has 3 nitrogen and oxygen atoms in total. The Morgan fingerprint density at radius 2 is 1.94 bits per heavy atom. The largest absolute Gasteiger partial charge is 0.330 e. The van der Waals surface area contributed by atoms with Crippen LogP contribution >= 0.6 is 15.9 Å². The van der Waals surface area contributed by atoms with E-state index in [1.54, 1.807) is 0 Å². The average molecular weight is 311 g/mol. The van der Waals surface area contributed by atoms with Crippen molar-refractivity contribution in [3.8, 4) is 0 Å². The van der Waals surface area contributed by atoms with Gasteiger partial charge in [-0.2, -0.15) is 0 Å². The van der Waals surface area contributed by atoms with Crippen LogP contribution in [-0.2, 0) is 4.79 Å². The van der Waals surface area contributed by atoms with Gasteiger partial charge in [0.1, 0.15) is 0 Å². The van der Waals surface area contributed by atoms with Crippen molar-refractivity contribution in [2.24, 2.45) is 17.6 Å². The average Bonchev–Trinajstić information content (AvgIpc) is 2.41. The second-order valence-electron chi connectivity index (χ2n) is 4.92. The third kappa shape index (κ3) is 3.33. The van der Waals surface area contributed by atoms with Crippen LogP contribution in [0.5, 0.6) is 0 Å². The Bertz CT molecular complexity index is 414. The summed E-state index contributed by atoms with van der Waals surface area (Å²) in [6.45, 7) is 0.749. The summed E-state index contributed by atoms with van der Waals surface area (Å²) >= 11 is 3.44. The molecule has 0 saturated heterocycles. The van der Waals surface area contributed by atoms with Crippen LogP contribution in [0.25, 0.3) is 0 Å². The van der Waals surface area contributed by atoms with Gasteiger partial charge in [0, 0.05) is 10.4 Å². The van der Waals surface area contributed by atoms with Crippen LogP contribution in [0.15, 0.2) is 28.7 Å². The predicted octanol–water partition coefficient (Wildman–Crippen LogP) is 3.15. The van der Waals surface area contributed by atoms with Gasteiger partial charge in [-0.3, -0.25) is 4.79 Å². The molecular weight excluding hydrogens is 292 g/mol. The summed E-state index contributed by atoms with van der Waals surface area (Å²) in [7, 11) is 0. The third-order valence-electron chi connectivity index (χ3n) is 3.68. The molecule has 3 N–H and O–H groups in total. The van der Waals surface area contributed by atoms with Crippen molar-refractivity contribution in [3.63, 3.8) is 0 Å². The maximum atomic E-state index is 12.2. The van der Waals surface area contributed by atoms with Gasteiger partial charge >= 0.3 is 0 Å². The van der Waals surface area contributed by atoms with Gasteiger partial charge in [-0.05, 0) is 66.2 Å². The van der Waals surface area contributed by atoms with Crippen LogP contribution in [0.3, 0.4) is 0 Å². The lowest BCUT2D eigenvalue weighted by molar-refractivity contribution is -0.121. The Morgan fingerprint density at radius 1 is 1.28 bits per heavy atom. The van der Waals surface area contributed by atoms with Crippen molar-refractivity contribution >= 4 is 27.5 Å². The molecule has 1 amide bonds. The van der Waals surface area contributed by atoms with Crippen LogP contribution in [0, 0.1) is 11.8 Å². The maximum Gasteiger partial charge on any atom is 0.227 e. The Morgan fingerprint density at radius 3 is 2.56 bits per heavy atom. The van der Waals surface area contributed by atoms with E-state index in [2.05, 4.69) is 21.2 Å². The molecule has 1 saturated carbocycles. The van der Waals surface area contributed by atoms with Crippen molar-refractivity contribution in [1.82, 2.24) is 0 Å². The Labute approximate surface area is 116 Å². The SMILES string of the molecule is NCC1CCC(C(=O)Nc2ccccc2Br)CC1. The highest BCUT2D eigenvalue weighted by Crippen LogP contribution is 2.30. The smallest absolute Gasteiger partial charge is 0.227 e. The van der Waals surface area contributed by atoms with E-state index in [1.165, 1.54) is 0 Å². The van der Waals surface area contributed by atoms with Crippen molar-refractivity contribution in [1.29, 1.82) is 0 Å². The summed E-state index contributed by atoms with van der Waals surface area (Å²) in [5, 5.41) is 3.00. The van der Waals surface area contributed by atoms with Crippen LogP contribution in [0.4, 0.5) is 5.69 Å². The van der Waals surface area contributed by atoms with Crippen molar-refractivity contribution < 1.29 is 4.79 Å². The molecule has 4 heteroatoms. The number of anilines is 1. The molecule has 1 aromatic carbocycles.